The highest BCUT2D eigenvalue weighted by Gasteiger charge is 2.24. The molecule has 24 heavy (non-hydrogen) atoms. The lowest BCUT2D eigenvalue weighted by molar-refractivity contribution is 0.00125. The molecule has 7 heteroatoms. The van der Waals surface area contributed by atoms with Gasteiger partial charge in [-0.2, -0.15) is 11.3 Å². The molecule has 0 amide bonds. The maximum absolute atomic E-state index is 12.9. The van der Waals surface area contributed by atoms with Crippen LogP contribution in [0.5, 0.6) is 0 Å². The van der Waals surface area contributed by atoms with E-state index in [4.69, 9.17) is 4.74 Å². The highest BCUT2D eigenvalue weighted by molar-refractivity contribution is 7.08. The summed E-state index contributed by atoms with van der Waals surface area (Å²) in [6.45, 7) is 2.60. The van der Waals surface area contributed by atoms with E-state index in [-0.39, 0.29) is 11.9 Å². The second-order valence-corrected chi connectivity index (χ2v) is 6.55. The van der Waals surface area contributed by atoms with Gasteiger partial charge in [0.05, 0.1) is 24.9 Å². The van der Waals surface area contributed by atoms with Crippen molar-refractivity contribution >= 4 is 11.3 Å². The minimum absolute atomic E-state index is 0.0509. The standard InChI is InChI=1S/C17H17FN4OS/c18-14-3-1-12(2-4-14)7-19-8-15-9-22-16(10-23-15)17(20-21-22)13-5-6-24-11-13/h1-6,11,15,19H,7-10H2/t15-/m1/s1. The molecule has 0 fully saturated rings. The first kappa shape index (κ1) is 15.4. The van der Waals surface area contributed by atoms with Crippen LogP contribution in [0, 0.1) is 5.82 Å². The van der Waals surface area contributed by atoms with Crippen LogP contribution in [-0.2, 0) is 24.4 Å². The maximum atomic E-state index is 12.9. The molecule has 5 nitrogen and oxygen atoms in total. The van der Waals surface area contributed by atoms with E-state index in [0.717, 1.165) is 22.5 Å². The minimum Gasteiger partial charge on any atom is -0.369 e. The van der Waals surface area contributed by atoms with E-state index >= 15 is 0 Å². The summed E-state index contributed by atoms with van der Waals surface area (Å²) in [6.07, 6.45) is 0.0509. The van der Waals surface area contributed by atoms with Gasteiger partial charge >= 0.3 is 0 Å². The summed E-state index contributed by atoms with van der Waals surface area (Å²) in [6, 6.07) is 8.56. The number of hydrogen-bond acceptors (Lipinski definition) is 5. The minimum atomic E-state index is -0.213. The van der Waals surface area contributed by atoms with Gasteiger partial charge in [-0.05, 0) is 29.1 Å². The number of aromatic nitrogens is 3. The van der Waals surface area contributed by atoms with Crippen molar-refractivity contribution in [2.45, 2.75) is 25.8 Å². The van der Waals surface area contributed by atoms with Crippen molar-refractivity contribution in [2.75, 3.05) is 6.54 Å². The molecule has 4 rings (SSSR count). The van der Waals surface area contributed by atoms with E-state index in [2.05, 4.69) is 21.0 Å². The number of thiophene rings is 1. The molecule has 1 atom stereocenters. The van der Waals surface area contributed by atoms with Gasteiger partial charge in [0.2, 0.25) is 0 Å². The van der Waals surface area contributed by atoms with E-state index in [1.54, 1.807) is 23.5 Å². The van der Waals surface area contributed by atoms with Crippen molar-refractivity contribution in [2.24, 2.45) is 0 Å². The molecule has 124 valence electrons. The summed E-state index contributed by atoms with van der Waals surface area (Å²) in [5.74, 6) is -0.213. The fourth-order valence-corrected chi connectivity index (χ4v) is 3.43. The van der Waals surface area contributed by atoms with Gasteiger partial charge < -0.3 is 10.1 Å². The van der Waals surface area contributed by atoms with Gasteiger partial charge in [-0.3, -0.25) is 0 Å². The Balaban J connectivity index is 1.34. The average molecular weight is 344 g/mol. The van der Waals surface area contributed by atoms with Gasteiger partial charge in [0.15, 0.2) is 0 Å². The van der Waals surface area contributed by atoms with Crippen LogP contribution in [0.1, 0.15) is 11.3 Å². The van der Waals surface area contributed by atoms with E-state index < -0.39 is 0 Å². The van der Waals surface area contributed by atoms with Gasteiger partial charge in [0.1, 0.15) is 11.5 Å². The van der Waals surface area contributed by atoms with Crippen LogP contribution < -0.4 is 5.32 Å². The maximum Gasteiger partial charge on any atom is 0.123 e. The van der Waals surface area contributed by atoms with Crippen LogP contribution in [0.2, 0.25) is 0 Å². The molecule has 2 aromatic heterocycles. The summed E-state index contributed by atoms with van der Waals surface area (Å²) >= 11 is 1.65. The zero-order chi connectivity index (χ0) is 16.4. The van der Waals surface area contributed by atoms with Crippen molar-refractivity contribution in [3.63, 3.8) is 0 Å². The van der Waals surface area contributed by atoms with Gasteiger partial charge in [-0.15, -0.1) is 5.10 Å². The molecular weight excluding hydrogens is 327 g/mol. The molecule has 1 aromatic carbocycles. The zero-order valence-electron chi connectivity index (χ0n) is 13.0. The Hall–Kier alpha value is -2.09. The Kier molecular flexibility index (Phi) is 4.38. The fourth-order valence-electron chi connectivity index (χ4n) is 2.79. The predicted octanol–water partition coefficient (Wildman–Crippen LogP) is 2.83. The van der Waals surface area contributed by atoms with Crippen LogP contribution in [0.4, 0.5) is 4.39 Å². The molecule has 0 saturated heterocycles. The predicted molar refractivity (Wildman–Crippen MR) is 90.0 cm³/mol. The molecular formula is C17H17FN4OS. The number of hydrogen-bond donors (Lipinski definition) is 1. The molecule has 0 unspecified atom stereocenters. The lowest BCUT2D eigenvalue weighted by Crippen LogP contribution is -2.36. The first-order valence-electron chi connectivity index (χ1n) is 7.81. The molecule has 0 spiro atoms. The molecule has 0 radical (unpaired) electrons. The van der Waals surface area contributed by atoms with Crippen LogP contribution in [-0.4, -0.2) is 27.6 Å². The summed E-state index contributed by atoms with van der Waals surface area (Å²) < 4.78 is 20.8. The lowest BCUT2D eigenvalue weighted by atomic mass is 10.2. The average Bonchev–Trinajstić information content (AvgIpc) is 3.25. The summed E-state index contributed by atoms with van der Waals surface area (Å²) in [7, 11) is 0. The van der Waals surface area contributed by atoms with E-state index in [1.807, 2.05) is 16.1 Å². The van der Waals surface area contributed by atoms with E-state index in [0.29, 0.717) is 26.2 Å². The third-order valence-corrected chi connectivity index (χ3v) is 4.76. The van der Waals surface area contributed by atoms with Crippen molar-refractivity contribution < 1.29 is 9.13 Å². The molecule has 1 aliphatic rings. The number of halogens is 1. The SMILES string of the molecule is Fc1ccc(CNC[C@@H]2Cn3nnc(-c4ccsc4)c3CO2)cc1. The van der Waals surface area contributed by atoms with Gasteiger partial charge in [-0.1, -0.05) is 17.3 Å². The zero-order valence-corrected chi connectivity index (χ0v) is 13.8. The molecule has 0 bridgehead atoms. The monoisotopic (exact) mass is 344 g/mol. The lowest BCUT2D eigenvalue weighted by Gasteiger charge is -2.24. The first-order chi connectivity index (χ1) is 11.8. The Labute approximate surface area is 143 Å². The van der Waals surface area contributed by atoms with E-state index in [9.17, 15) is 4.39 Å². The summed E-state index contributed by atoms with van der Waals surface area (Å²) in [5.41, 5.74) is 4.09. The summed E-state index contributed by atoms with van der Waals surface area (Å²) in [4.78, 5) is 0. The quantitative estimate of drug-likeness (QED) is 0.773. The van der Waals surface area contributed by atoms with Gasteiger partial charge in [0, 0.05) is 24.0 Å². The van der Waals surface area contributed by atoms with Gasteiger partial charge in [-0.25, -0.2) is 9.07 Å². The van der Waals surface area contributed by atoms with Crippen molar-refractivity contribution in [1.29, 1.82) is 0 Å². The number of ether oxygens (including phenoxy) is 1. The summed E-state index contributed by atoms with van der Waals surface area (Å²) in [5, 5.41) is 16.0. The Bertz CT molecular complexity index is 801. The number of nitrogens with one attached hydrogen (secondary N) is 1. The number of benzene rings is 1. The molecule has 0 saturated carbocycles. The van der Waals surface area contributed by atoms with Crippen molar-refractivity contribution in [3.05, 3.63) is 58.2 Å². The second kappa shape index (κ2) is 6.80. The fraction of sp³-hybridized carbons (Fsp3) is 0.294. The smallest absolute Gasteiger partial charge is 0.123 e. The van der Waals surface area contributed by atoms with E-state index in [1.165, 1.54) is 12.1 Å². The largest absolute Gasteiger partial charge is 0.369 e. The van der Waals surface area contributed by atoms with Crippen LogP contribution in [0.3, 0.4) is 0 Å². The van der Waals surface area contributed by atoms with Crippen LogP contribution >= 0.6 is 11.3 Å². The third kappa shape index (κ3) is 3.24. The Morgan fingerprint density at radius 3 is 2.96 bits per heavy atom. The molecule has 1 N–H and O–H groups in total. The Morgan fingerprint density at radius 1 is 1.29 bits per heavy atom. The van der Waals surface area contributed by atoms with Crippen molar-refractivity contribution in [3.8, 4) is 11.3 Å². The molecule has 1 aliphatic heterocycles. The second-order valence-electron chi connectivity index (χ2n) is 5.77. The van der Waals surface area contributed by atoms with Crippen LogP contribution in [0.25, 0.3) is 11.3 Å². The third-order valence-electron chi connectivity index (χ3n) is 4.08. The number of fused-ring (bicyclic) bond motifs is 1. The number of rotatable bonds is 5. The topological polar surface area (TPSA) is 52.0 Å². The van der Waals surface area contributed by atoms with Gasteiger partial charge in [0.25, 0.3) is 0 Å². The number of nitrogens with zero attached hydrogens (tertiary/aromatic N) is 3. The highest BCUT2D eigenvalue weighted by atomic mass is 32.1. The highest BCUT2D eigenvalue weighted by Crippen LogP contribution is 2.26. The molecule has 0 aliphatic carbocycles. The normalized spacial score (nSPS) is 17.0. The van der Waals surface area contributed by atoms with Crippen LogP contribution in [0.15, 0.2) is 41.1 Å². The molecule has 3 heterocycles. The Morgan fingerprint density at radius 2 is 2.17 bits per heavy atom. The molecule has 3 aromatic rings. The van der Waals surface area contributed by atoms with Crippen molar-refractivity contribution in [1.82, 2.24) is 20.3 Å². The first-order valence-corrected chi connectivity index (χ1v) is 8.75.